The van der Waals surface area contributed by atoms with E-state index in [2.05, 4.69) is 10.3 Å². The predicted octanol–water partition coefficient (Wildman–Crippen LogP) is 0.273. The van der Waals surface area contributed by atoms with Gasteiger partial charge in [0, 0.05) is 11.3 Å². The molecule has 106 valence electrons. The number of nitrogens with zero attached hydrogens (tertiary/aromatic N) is 3. The first-order chi connectivity index (χ1) is 9.66. The van der Waals surface area contributed by atoms with E-state index in [0.29, 0.717) is 11.4 Å². The number of hydrogen-bond donors (Lipinski definition) is 3. The van der Waals surface area contributed by atoms with E-state index in [4.69, 9.17) is 0 Å². The van der Waals surface area contributed by atoms with E-state index in [-0.39, 0.29) is 0 Å². The number of aliphatic hydroxyl groups excluding tert-OH is 3. The van der Waals surface area contributed by atoms with E-state index in [0.717, 1.165) is 5.56 Å². The van der Waals surface area contributed by atoms with E-state index in [9.17, 15) is 15.3 Å². The van der Waals surface area contributed by atoms with Gasteiger partial charge in [-0.2, -0.15) is 0 Å². The van der Waals surface area contributed by atoms with E-state index < -0.39 is 23.7 Å². The molecular weight excluding hydrogens is 278 g/mol. The van der Waals surface area contributed by atoms with Crippen molar-refractivity contribution in [3.8, 4) is 11.3 Å². The van der Waals surface area contributed by atoms with Crippen molar-refractivity contribution in [2.45, 2.75) is 23.7 Å². The van der Waals surface area contributed by atoms with Crippen LogP contribution in [0.1, 0.15) is 5.37 Å². The van der Waals surface area contributed by atoms with Gasteiger partial charge in [-0.25, -0.2) is 4.68 Å². The standard InChI is InChI=1S/C13H15N3O3S/c17-10-7-20-13(12(19)11(10)18)16-6-9(14-15-16)8-4-2-1-3-5-8/h1-6,10-13,17-19H,7H2/t10-,11+,12-,13-/m1/s1. The summed E-state index contributed by atoms with van der Waals surface area (Å²) < 4.78 is 1.53. The first-order valence-electron chi connectivity index (χ1n) is 6.30. The van der Waals surface area contributed by atoms with Crippen molar-refractivity contribution in [2.24, 2.45) is 0 Å². The molecule has 0 radical (unpaired) electrons. The molecule has 1 aromatic heterocycles. The van der Waals surface area contributed by atoms with Gasteiger partial charge in [0.2, 0.25) is 0 Å². The minimum atomic E-state index is -1.16. The Balaban J connectivity index is 1.84. The molecule has 4 atom stereocenters. The lowest BCUT2D eigenvalue weighted by molar-refractivity contribution is -0.0643. The van der Waals surface area contributed by atoms with Crippen LogP contribution in [0.4, 0.5) is 0 Å². The highest BCUT2D eigenvalue weighted by atomic mass is 32.2. The highest BCUT2D eigenvalue weighted by Gasteiger charge is 2.38. The second-order valence-electron chi connectivity index (χ2n) is 4.72. The van der Waals surface area contributed by atoms with Gasteiger partial charge in [-0.05, 0) is 0 Å². The first kappa shape index (κ1) is 13.6. The van der Waals surface area contributed by atoms with E-state index in [1.54, 1.807) is 6.20 Å². The zero-order valence-corrected chi connectivity index (χ0v) is 11.4. The number of aliphatic hydroxyl groups is 3. The van der Waals surface area contributed by atoms with Crippen LogP contribution >= 0.6 is 11.8 Å². The molecule has 20 heavy (non-hydrogen) atoms. The molecule has 0 saturated carbocycles. The molecular formula is C13H15N3O3S. The summed E-state index contributed by atoms with van der Waals surface area (Å²) in [5.74, 6) is 0.351. The molecule has 0 amide bonds. The normalized spacial score (nSPS) is 30.4. The van der Waals surface area contributed by atoms with Gasteiger partial charge in [-0.15, -0.1) is 16.9 Å². The van der Waals surface area contributed by atoms with Crippen molar-refractivity contribution in [3.63, 3.8) is 0 Å². The SMILES string of the molecule is O[C@@H]1[C@@H](O)[C@H](n2cc(-c3ccccc3)nn2)SC[C@H]1O. The predicted molar refractivity (Wildman–Crippen MR) is 75.0 cm³/mol. The first-order valence-corrected chi connectivity index (χ1v) is 7.35. The minimum Gasteiger partial charge on any atom is -0.389 e. The topological polar surface area (TPSA) is 91.4 Å². The van der Waals surface area contributed by atoms with Crippen LogP contribution < -0.4 is 0 Å². The Bertz CT molecular complexity index is 577. The summed E-state index contributed by atoms with van der Waals surface area (Å²) in [7, 11) is 0. The van der Waals surface area contributed by atoms with Crippen molar-refractivity contribution in [2.75, 3.05) is 5.75 Å². The summed E-state index contributed by atoms with van der Waals surface area (Å²) in [6.45, 7) is 0. The Kier molecular flexibility index (Phi) is 3.75. The second kappa shape index (κ2) is 5.53. The Morgan fingerprint density at radius 3 is 2.60 bits per heavy atom. The molecule has 1 saturated heterocycles. The lowest BCUT2D eigenvalue weighted by atomic mass is 10.1. The molecule has 1 aromatic carbocycles. The average Bonchev–Trinajstić information content (AvgIpc) is 2.95. The number of hydrogen-bond acceptors (Lipinski definition) is 6. The third-order valence-electron chi connectivity index (χ3n) is 3.31. The monoisotopic (exact) mass is 293 g/mol. The third-order valence-corrected chi connectivity index (χ3v) is 4.68. The summed E-state index contributed by atoms with van der Waals surface area (Å²) in [4.78, 5) is 0. The molecule has 2 aromatic rings. The van der Waals surface area contributed by atoms with Gasteiger partial charge in [-0.1, -0.05) is 35.5 Å². The van der Waals surface area contributed by atoms with Gasteiger partial charge >= 0.3 is 0 Å². The number of benzene rings is 1. The number of thioether (sulfide) groups is 1. The van der Waals surface area contributed by atoms with Crippen LogP contribution in [0.5, 0.6) is 0 Å². The molecule has 0 aliphatic carbocycles. The van der Waals surface area contributed by atoms with Crippen LogP contribution in [-0.2, 0) is 0 Å². The van der Waals surface area contributed by atoms with Crippen LogP contribution in [0.25, 0.3) is 11.3 Å². The minimum absolute atomic E-state index is 0.351. The zero-order chi connectivity index (χ0) is 14.1. The van der Waals surface area contributed by atoms with Gasteiger partial charge in [0.1, 0.15) is 23.3 Å². The molecule has 7 heteroatoms. The maximum atomic E-state index is 10.0. The average molecular weight is 293 g/mol. The summed E-state index contributed by atoms with van der Waals surface area (Å²) in [5, 5.41) is 36.9. The van der Waals surface area contributed by atoms with Crippen LogP contribution in [0.15, 0.2) is 36.5 Å². The molecule has 0 spiro atoms. The van der Waals surface area contributed by atoms with Crippen molar-refractivity contribution in [3.05, 3.63) is 36.5 Å². The maximum absolute atomic E-state index is 10.0. The van der Waals surface area contributed by atoms with E-state index >= 15 is 0 Å². The molecule has 0 bridgehead atoms. The smallest absolute Gasteiger partial charge is 0.127 e. The zero-order valence-electron chi connectivity index (χ0n) is 10.6. The molecule has 1 aliphatic heterocycles. The molecule has 1 fully saturated rings. The fourth-order valence-corrected chi connectivity index (χ4v) is 3.37. The Morgan fingerprint density at radius 2 is 1.85 bits per heavy atom. The van der Waals surface area contributed by atoms with Crippen molar-refractivity contribution < 1.29 is 15.3 Å². The van der Waals surface area contributed by atoms with E-state index in [1.807, 2.05) is 30.3 Å². The van der Waals surface area contributed by atoms with Crippen LogP contribution in [0.3, 0.4) is 0 Å². The van der Waals surface area contributed by atoms with Gasteiger partial charge in [0.25, 0.3) is 0 Å². The lowest BCUT2D eigenvalue weighted by Gasteiger charge is -2.34. The van der Waals surface area contributed by atoms with Crippen LogP contribution in [0.2, 0.25) is 0 Å². The Morgan fingerprint density at radius 1 is 1.10 bits per heavy atom. The van der Waals surface area contributed by atoms with Crippen LogP contribution in [-0.4, -0.2) is 54.4 Å². The van der Waals surface area contributed by atoms with Gasteiger partial charge < -0.3 is 15.3 Å². The van der Waals surface area contributed by atoms with Crippen molar-refractivity contribution >= 4 is 11.8 Å². The molecule has 2 heterocycles. The highest BCUT2D eigenvalue weighted by molar-refractivity contribution is 7.99. The lowest BCUT2D eigenvalue weighted by Crippen LogP contribution is -2.47. The number of rotatable bonds is 2. The summed E-state index contributed by atoms with van der Waals surface area (Å²) in [6, 6.07) is 9.61. The molecule has 6 nitrogen and oxygen atoms in total. The third kappa shape index (κ3) is 2.45. The maximum Gasteiger partial charge on any atom is 0.127 e. The van der Waals surface area contributed by atoms with Crippen molar-refractivity contribution in [1.82, 2.24) is 15.0 Å². The Hall–Kier alpha value is -1.41. The van der Waals surface area contributed by atoms with Gasteiger partial charge in [-0.3, -0.25) is 0 Å². The molecule has 3 N–H and O–H groups in total. The van der Waals surface area contributed by atoms with Crippen molar-refractivity contribution in [1.29, 1.82) is 0 Å². The number of aromatic nitrogens is 3. The van der Waals surface area contributed by atoms with Crippen LogP contribution in [0, 0.1) is 0 Å². The summed E-state index contributed by atoms with van der Waals surface area (Å²) >= 11 is 1.35. The summed E-state index contributed by atoms with van der Waals surface area (Å²) in [6.07, 6.45) is -1.41. The Labute approximate surface area is 120 Å². The highest BCUT2D eigenvalue weighted by Crippen LogP contribution is 2.34. The fourth-order valence-electron chi connectivity index (χ4n) is 2.17. The molecule has 0 unspecified atom stereocenters. The quantitative estimate of drug-likeness (QED) is 0.736. The van der Waals surface area contributed by atoms with Gasteiger partial charge in [0.05, 0.1) is 12.3 Å². The fraction of sp³-hybridized carbons (Fsp3) is 0.385. The van der Waals surface area contributed by atoms with Gasteiger partial charge in [0.15, 0.2) is 0 Å². The van der Waals surface area contributed by atoms with E-state index in [1.165, 1.54) is 16.4 Å². The second-order valence-corrected chi connectivity index (χ2v) is 5.87. The summed E-state index contributed by atoms with van der Waals surface area (Å²) in [5.41, 5.74) is 1.65. The molecule has 3 rings (SSSR count). The largest absolute Gasteiger partial charge is 0.389 e. The molecule has 1 aliphatic rings.